The summed E-state index contributed by atoms with van der Waals surface area (Å²) in [5.74, 6) is 0.190. The van der Waals surface area contributed by atoms with Crippen molar-refractivity contribution in [1.29, 1.82) is 0 Å². The summed E-state index contributed by atoms with van der Waals surface area (Å²) in [4.78, 5) is 12.0. The van der Waals surface area contributed by atoms with Crippen LogP contribution < -0.4 is 11.1 Å². The molecule has 2 unspecified atom stereocenters. The van der Waals surface area contributed by atoms with Gasteiger partial charge in [-0.3, -0.25) is 4.79 Å². The van der Waals surface area contributed by atoms with Crippen LogP contribution in [0.3, 0.4) is 0 Å². The Bertz CT molecular complexity index is 275. The summed E-state index contributed by atoms with van der Waals surface area (Å²) in [7, 11) is 0. The molecule has 0 aromatic heterocycles. The Kier molecular flexibility index (Phi) is 4.05. The SMILES string of the molecule is CC1CC(C(=O)NCC2(CN)CCCC2)CO1. The summed E-state index contributed by atoms with van der Waals surface area (Å²) in [6.07, 6.45) is 5.87. The number of carbonyl (C=O) groups excluding carboxylic acids is 1. The molecule has 0 radical (unpaired) electrons. The van der Waals surface area contributed by atoms with E-state index in [2.05, 4.69) is 5.32 Å². The maximum atomic E-state index is 12.0. The third-order valence-corrected chi connectivity index (χ3v) is 4.30. The Morgan fingerprint density at radius 2 is 2.18 bits per heavy atom. The van der Waals surface area contributed by atoms with E-state index in [4.69, 9.17) is 10.5 Å². The van der Waals surface area contributed by atoms with Crippen LogP contribution in [-0.2, 0) is 9.53 Å². The van der Waals surface area contributed by atoms with Gasteiger partial charge in [-0.1, -0.05) is 12.8 Å². The summed E-state index contributed by atoms with van der Waals surface area (Å²) in [5, 5.41) is 3.08. The van der Waals surface area contributed by atoms with Gasteiger partial charge in [0, 0.05) is 6.54 Å². The van der Waals surface area contributed by atoms with Crippen LogP contribution in [0.5, 0.6) is 0 Å². The Labute approximate surface area is 103 Å². The smallest absolute Gasteiger partial charge is 0.225 e. The number of amides is 1. The molecule has 2 fully saturated rings. The lowest BCUT2D eigenvalue weighted by atomic mass is 9.86. The van der Waals surface area contributed by atoms with Gasteiger partial charge in [-0.25, -0.2) is 0 Å². The fraction of sp³-hybridized carbons (Fsp3) is 0.923. The van der Waals surface area contributed by atoms with Crippen molar-refractivity contribution >= 4 is 5.91 Å². The van der Waals surface area contributed by atoms with Crippen LogP contribution in [0.1, 0.15) is 39.0 Å². The lowest BCUT2D eigenvalue weighted by molar-refractivity contribution is -0.125. The number of hydrogen-bond acceptors (Lipinski definition) is 3. The first-order chi connectivity index (χ1) is 8.15. The van der Waals surface area contributed by atoms with E-state index in [1.807, 2.05) is 6.92 Å². The quantitative estimate of drug-likeness (QED) is 0.772. The van der Waals surface area contributed by atoms with Gasteiger partial charge in [-0.05, 0) is 38.1 Å². The molecule has 4 heteroatoms. The molecular weight excluding hydrogens is 216 g/mol. The molecule has 0 spiro atoms. The molecular formula is C13H24N2O2. The summed E-state index contributed by atoms with van der Waals surface area (Å²) in [6.45, 7) is 4.02. The predicted octanol–water partition coefficient (Wildman–Crippen LogP) is 1.05. The molecule has 1 heterocycles. The van der Waals surface area contributed by atoms with Gasteiger partial charge in [-0.15, -0.1) is 0 Å². The molecule has 0 aromatic rings. The Balaban J connectivity index is 1.79. The van der Waals surface area contributed by atoms with Crippen LogP contribution in [0.2, 0.25) is 0 Å². The topological polar surface area (TPSA) is 64.4 Å². The van der Waals surface area contributed by atoms with Crippen molar-refractivity contribution in [3.05, 3.63) is 0 Å². The maximum absolute atomic E-state index is 12.0. The maximum Gasteiger partial charge on any atom is 0.225 e. The molecule has 1 aliphatic carbocycles. The molecule has 3 N–H and O–H groups in total. The Morgan fingerprint density at radius 3 is 2.71 bits per heavy atom. The lowest BCUT2D eigenvalue weighted by Crippen LogP contribution is -2.42. The van der Waals surface area contributed by atoms with Crippen LogP contribution >= 0.6 is 0 Å². The number of nitrogens with one attached hydrogen (secondary N) is 1. The second-order valence-electron chi connectivity index (χ2n) is 5.71. The summed E-state index contributed by atoms with van der Waals surface area (Å²) in [6, 6.07) is 0. The highest BCUT2D eigenvalue weighted by Gasteiger charge is 2.34. The number of nitrogens with two attached hydrogens (primary N) is 1. The Hall–Kier alpha value is -0.610. The first-order valence-corrected chi connectivity index (χ1v) is 6.75. The van der Waals surface area contributed by atoms with Gasteiger partial charge in [0.15, 0.2) is 0 Å². The van der Waals surface area contributed by atoms with Gasteiger partial charge >= 0.3 is 0 Å². The van der Waals surface area contributed by atoms with Crippen molar-refractivity contribution < 1.29 is 9.53 Å². The van der Waals surface area contributed by atoms with E-state index >= 15 is 0 Å². The van der Waals surface area contributed by atoms with Gasteiger partial charge < -0.3 is 15.8 Å². The number of carbonyl (C=O) groups is 1. The van der Waals surface area contributed by atoms with Crippen LogP contribution in [0, 0.1) is 11.3 Å². The third-order valence-electron chi connectivity index (χ3n) is 4.30. The average Bonchev–Trinajstić information content (AvgIpc) is 2.95. The minimum atomic E-state index is 0.0428. The van der Waals surface area contributed by atoms with E-state index in [1.54, 1.807) is 0 Å². The van der Waals surface area contributed by atoms with E-state index in [1.165, 1.54) is 12.8 Å². The predicted molar refractivity (Wildman–Crippen MR) is 66.5 cm³/mol. The first-order valence-electron chi connectivity index (χ1n) is 6.75. The minimum Gasteiger partial charge on any atom is -0.378 e. The first kappa shape index (κ1) is 12.8. The zero-order valence-electron chi connectivity index (χ0n) is 10.7. The van der Waals surface area contributed by atoms with Crippen molar-refractivity contribution in [1.82, 2.24) is 5.32 Å². The molecule has 1 saturated heterocycles. The van der Waals surface area contributed by atoms with Crippen molar-refractivity contribution in [3.63, 3.8) is 0 Å². The van der Waals surface area contributed by atoms with Gasteiger partial charge in [0.1, 0.15) is 0 Å². The summed E-state index contributed by atoms with van der Waals surface area (Å²) >= 11 is 0. The van der Waals surface area contributed by atoms with E-state index < -0.39 is 0 Å². The van der Waals surface area contributed by atoms with Crippen molar-refractivity contribution in [2.24, 2.45) is 17.1 Å². The van der Waals surface area contributed by atoms with Crippen molar-refractivity contribution in [2.75, 3.05) is 19.7 Å². The van der Waals surface area contributed by atoms with Crippen molar-refractivity contribution in [2.45, 2.75) is 45.1 Å². The Morgan fingerprint density at radius 1 is 1.47 bits per heavy atom. The van der Waals surface area contributed by atoms with Gasteiger partial charge in [0.2, 0.25) is 5.91 Å². The monoisotopic (exact) mass is 240 g/mol. The number of rotatable bonds is 4. The molecule has 1 saturated carbocycles. The molecule has 98 valence electrons. The molecule has 4 nitrogen and oxygen atoms in total. The molecule has 1 aliphatic heterocycles. The molecule has 17 heavy (non-hydrogen) atoms. The largest absolute Gasteiger partial charge is 0.378 e. The van der Waals surface area contributed by atoms with Crippen LogP contribution in [0.4, 0.5) is 0 Å². The molecule has 2 rings (SSSR count). The van der Waals surface area contributed by atoms with E-state index in [9.17, 15) is 4.79 Å². The molecule has 2 aliphatic rings. The fourth-order valence-electron chi connectivity index (χ4n) is 3.00. The van der Waals surface area contributed by atoms with Crippen LogP contribution in [-0.4, -0.2) is 31.7 Å². The van der Waals surface area contributed by atoms with Gasteiger partial charge in [0.05, 0.1) is 18.6 Å². The second-order valence-corrected chi connectivity index (χ2v) is 5.71. The average molecular weight is 240 g/mol. The number of ether oxygens (including phenoxy) is 1. The van der Waals surface area contributed by atoms with Crippen molar-refractivity contribution in [3.8, 4) is 0 Å². The molecule has 0 bridgehead atoms. The highest BCUT2D eigenvalue weighted by molar-refractivity contribution is 5.79. The molecule has 2 atom stereocenters. The number of hydrogen-bond donors (Lipinski definition) is 2. The minimum absolute atomic E-state index is 0.0428. The van der Waals surface area contributed by atoms with Gasteiger partial charge in [-0.2, -0.15) is 0 Å². The highest BCUT2D eigenvalue weighted by Crippen LogP contribution is 2.36. The lowest BCUT2D eigenvalue weighted by Gasteiger charge is -2.27. The van der Waals surface area contributed by atoms with E-state index in [0.717, 1.165) is 25.8 Å². The third kappa shape index (κ3) is 2.99. The zero-order chi connectivity index (χ0) is 12.3. The summed E-state index contributed by atoms with van der Waals surface area (Å²) < 4.78 is 5.42. The molecule has 1 amide bonds. The highest BCUT2D eigenvalue weighted by atomic mass is 16.5. The fourth-order valence-corrected chi connectivity index (χ4v) is 3.00. The summed E-state index contributed by atoms with van der Waals surface area (Å²) in [5.41, 5.74) is 6.02. The van der Waals surface area contributed by atoms with Crippen LogP contribution in [0.25, 0.3) is 0 Å². The normalized spacial score (nSPS) is 31.6. The van der Waals surface area contributed by atoms with Crippen LogP contribution in [0.15, 0.2) is 0 Å². The molecule has 0 aromatic carbocycles. The van der Waals surface area contributed by atoms with Gasteiger partial charge in [0.25, 0.3) is 0 Å². The van der Waals surface area contributed by atoms with E-state index in [-0.39, 0.29) is 23.3 Å². The zero-order valence-corrected chi connectivity index (χ0v) is 10.7. The van der Waals surface area contributed by atoms with E-state index in [0.29, 0.717) is 13.2 Å². The standard InChI is InChI=1S/C13H24N2O2/c1-10-6-11(7-17-10)12(16)15-9-13(8-14)4-2-3-5-13/h10-11H,2-9,14H2,1H3,(H,15,16). The second kappa shape index (κ2) is 5.36.